The number of nitrogens with one attached hydrogen (secondary N) is 1. The van der Waals surface area contributed by atoms with E-state index in [2.05, 4.69) is 10.3 Å². The summed E-state index contributed by atoms with van der Waals surface area (Å²) in [5, 5.41) is 3.84. The Hall–Kier alpha value is -2.91. The quantitative estimate of drug-likeness (QED) is 0.541. The van der Waals surface area contributed by atoms with E-state index in [-0.39, 0.29) is 10.8 Å². The first kappa shape index (κ1) is 21.3. The molecule has 4 rings (SSSR count). The van der Waals surface area contributed by atoms with Gasteiger partial charge in [0.25, 0.3) is 5.91 Å². The molecule has 8 nitrogen and oxygen atoms in total. The minimum Gasteiger partial charge on any atom is -0.491 e. The van der Waals surface area contributed by atoms with Crippen LogP contribution >= 0.6 is 0 Å². The second-order valence-electron chi connectivity index (χ2n) is 7.57. The van der Waals surface area contributed by atoms with Gasteiger partial charge in [0.1, 0.15) is 21.9 Å². The largest absolute Gasteiger partial charge is 0.491 e. The molecule has 0 unspecified atom stereocenters. The van der Waals surface area contributed by atoms with Gasteiger partial charge in [-0.2, -0.15) is 4.31 Å². The molecule has 1 aliphatic rings. The van der Waals surface area contributed by atoms with E-state index < -0.39 is 10.0 Å². The van der Waals surface area contributed by atoms with Gasteiger partial charge in [-0.1, -0.05) is 18.2 Å². The van der Waals surface area contributed by atoms with Crippen LogP contribution in [0.1, 0.15) is 29.8 Å². The number of aryl methyl sites for hydroxylation is 1. The molecule has 1 N–H and O–H groups in total. The number of hydrogen-bond donors (Lipinski definition) is 1. The van der Waals surface area contributed by atoms with Crippen LogP contribution in [0.15, 0.2) is 53.7 Å². The van der Waals surface area contributed by atoms with Crippen LogP contribution in [0, 0.1) is 0 Å². The second kappa shape index (κ2) is 9.07. The van der Waals surface area contributed by atoms with Crippen LogP contribution in [-0.2, 0) is 17.1 Å². The summed E-state index contributed by atoms with van der Waals surface area (Å²) in [5.41, 5.74) is 1.13. The number of aromatic nitrogens is 2. The molecule has 9 heteroatoms. The molecule has 1 amide bonds. The molecule has 0 spiro atoms. The Balaban J connectivity index is 1.31. The third-order valence-electron chi connectivity index (χ3n) is 5.38. The third-order valence-corrected chi connectivity index (χ3v) is 7.24. The lowest BCUT2D eigenvalue weighted by atomic mass is 10.2. The van der Waals surface area contributed by atoms with Gasteiger partial charge >= 0.3 is 0 Å². The molecule has 3 heterocycles. The molecule has 2 aromatic heterocycles. The van der Waals surface area contributed by atoms with Crippen molar-refractivity contribution in [1.29, 1.82) is 0 Å². The maximum atomic E-state index is 12.7. The van der Waals surface area contributed by atoms with Crippen molar-refractivity contribution in [3.63, 3.8) is 0 Å². The summed E-state index contributed by atoms with van der Waals surface area (Å²) in [6.07, 6.45) is 5.58. The maximum absolute atomic E-state index is 12.7. The number of carbonyl (C=O) groups excluding carboxylic acids is 1. The van der Waals surface area contributed by atoms with Crippen LogP contribution in [0.3, 0.4) is 0 Å². The second-order valence-corrected chi connectivity index (χ2v) is 9.51. The maximum Gasteiger partial charge on any atom is 0.267 e. The Morgan fingerprint density at radius 1 is 1.19 bits per heavy atom. The van der Waals surface area contributed by atoms with Crippen molar-refractivity contribution in [1.82, 2.24) is 19.2 Å². The lowest BCUT2D eigenvalue weighted by Crippen LogP contribution is -2.28. The van der Waals surface area contributed by atoms with Crippen molar-refractivity contribution in [2.45, 2.75) is 24.2 Å². The van der Waals surface area contributed by atoms with Gasteiger partial charge in [-0.25, -0.2) is 8.42 Å². The minimum absolute atomic E-state index is 0.161. The fraction of sp³-hybridized carbons (Fsp3) is 0.364. The Morgan fingerprint density at radius 3 is 2.77 bits per heavy atom. The zero-order chi connectivity index (χ0) is 21.8. The summed E-state index contributed by atoms with van der Waals surface area (Å²) in [6.45, 7) is 1.91. The predicted molar refractivity (Wildman–Crippen MR) is 118 cm³/mol. The Morgan fingerprint density at radius 2 is 1.97 bits per heavy atom. The molecule has 0 bridgehead atoms. The number of carbonyl (C=O) groups is 1. The van der Waals surface area contributed by atoms with Crippen LogP contribution in [0.2, 0.25) is 0 Å². The Labute approximate surface area is 181 Å². The van der Waals surface area contributed by atoms with Crippen molar-refractivity contribution < 1.29 is 17.9 Å². The summed E-state index contributed by atoms with van der Waals surface area (Å²) in [4.78, 5) is 17.1. The summed E-state index contributed by atoms with van der Waals surface area (Å²) >= 11 is 0. The van der Waals surface area contributed by atoms with E-state index in [0.29, 0.717) is 44.1 Å². The zero-order valence-electron chi connectivity index (χ0n) is 17.5. The molecule has 1 fully saturated rings. The minimum atomic E-state index is -3.55. The highest BCUT2D eigenvalue weighted by Crippen LogP contribution is 2.23. The van der Waals surface area contributed by atoms with Crippen LogP contribution < -0.4 is 10.1 Å². The molecule has 1 aliphatic heterocycles. The van der Waals surface area contributed by atoms with E-state index in [4.69, 9.17) is 4.74 Å². The van der Waals surface area contributed by atoms with E-state index in [0.717, 1.165) is 23.7 Å². The highest BCUT2D eigenvalue weighted by molar-refractivity contribution is 7.89. The summed E-state index contributed by atoms with van der Waals surface area (Å²) < 4.78 is 34.3. The van der Waals surface area contributed by atoms with Crippen molar-refractivity contribution >= 4 is 26.8 Å². The molecule has 0 aliphatic carbocycles. The molecule has 3 aromatic rings. The van der Waals surface area contributed by atoms with E-state index >= 15 is 0 Å². The van der Waals surface area contributed by atoms with Gasteiger partial charge in [-0.05, 0) is 37.5 Å². The number of fused-ring (bicyclic) bond motifs is 1. The fourth-order valence-corrected chi connectivity index (χ4v) is 5.31. The number of nitrogens with zero attached hydrogens (tertiary/aromatic N) is 3. The summed E-state index contributed by atoms with van der Waals surface area (Å²) in [6, 6.07) is 11.1. The van der Waals surface area contributed by atoms with Gasteiger partial charge in [-0.15, -0.1) is 0 Å². The number of para-hydroxylation sites is 1. The standard InChI is InChI=1S/C22H26N4O4S/c1-25-16-18(31(28,29)26-12-2-3-13-26)15-19(25)22(27)24-11-6-14-30-20-9-4-7-17-8-5-10-23-21(17)20/h4-5,7-10,15-16H,2-3,6,11-14H2,1H3,(H,24,27). The van der Waals surface area contributed by atoms with E-state index in [1.54, 1.807) is 17.8 Å². The normalized spacial score (nSPS) is 14.7. The molecule has 0 atom stereocenters. The lowest BCUT2D eigenvalue weighted by Gasteiger charge is -2.13. The monoisotopic (exact) mass is 442 g/mol. The average molecular weight is 443 g/mol. The number of pyridine rings is 1. The van der Waals surface area contributed by atoms with Gasteiger partial charge in [0.15, 0.2) is 0 Å². The first-order chi connectivity index (χ1) is 15.0. The number of rotatable bonds is 8. The Bertz CT molecular complexity index is 1180. The van der Waals surface area contributed by atoms with Crippen LogP contribution in [0.5, 0.6) is 5.75 Å². The van der Waals surface area contributed by atoms with E-state index in [1.807, 2.05) is 30.3 Å². The smallest absolute Gasteiger partial charge is 0.267 e. The average Bonchev–Trinajstić information content (AvgIpc) is 3.44. The molecule has 0 radical (unpaired) electrons. The SMILES string of the molecule is Cn1cc(S(=O)(=O)N2CCCC2)cc1C(=O)NCCCOc1cccc2cccnc12. The van der Waals surface area contributed by atoms with Crippen LogP contribution in [-0.4, -0.2) is 54.4 Å². The third kappa shape index (κ3) is 4.57. The van der Waals surface area contributed by atoms with Crippen LogP contribution in [0.4, 0.5) is 0 Å². The van der Waals surface area contributed by atoms with E-state index in [1.165, 1.54) is 16.6 Å². The number of amides is 1. The summed E-state index contributed by atoms with van der Waals surface area (Å²) in [7, 11) is -1.87. The van der Waals surface area contributed by atoms with Crippen molar-refractivity contribution in [3.8, 4) is 5.75 Å². The molecule has 31 heavy (non-hydrogen) atoms. The molecule has 1 aromatic carbocycles. The number of ether oxygens (including phenoxy) is 1. The lowest BCUT2D eigenvalue weighted by molar-refractivity contribution is 0.0943. The van der Waals surface area contributed by atoms with Gasteiger partial charge in [-0.3, -0.25) is 9.78 Å². The predicted octanol–water partition coefficient (Wildman–Crippen LogP) is 2.56. The van der Waals surface area contributed by atoms with Gasteiger partial charge in [0.05, 0.1) is 6.61 Å². The van der Waals surface area contributed by atoms with E-state index in [9.17, 15) is 13.2 Å². The van der Waals surface area contributed by atoms with Gasteiger partial charge in [0.2, 0.25) is 10.0 Å². The number of sulfonamides is 1. The first-order valence-corrected chi connectivity index (χ1v) is 11.8. The zero-order valence-corrected chi connectivity index (χ0v) is 18.3. The molecular formula is C22H26N4O4S. The summed E-state index contributed by atoms with van der Waals surface area (Å²) in [5.74, 6) is 0.404. The molecular weight excluding hydrogens is 416 g/mol. The van der Waals surface area contributed by atoms with Crippen molar-refractivity contribution in [3.05, 3.63) is 54.5 Å². The van der Waals surface area contributed by atoms with Gasteiger partial charge < -0.3 is 14.6 Å². The number of hydrogen-bond acceptors (Lipinski definition) is 5. The fourth-order valence-electron chi connectivity index (χ4n) is 3.72. The first-order valence-electron chi connectivity index (χ1n) is 10.4. The molecule has 1 saturated heterocycles. The molecule has 164 valence electrons. The van der Waals surface area contributed by atoms with Gasteiger partial charge in [0, 0.05) is 44.5 Å². The van der Waals surface area contributed by atoms with Crippen LogP contribution in [0.25, 0.3) is 10.9 Å². The molecule has 0 saturated carbocycles. The van der Waals surface area contributed by atoms with Crippen molar-refractivity contribution in [2.24, 2.45) is 7.05 Å². The highest BCUT2D eigenvalue weighted by atomic mass is 32.2. The highest BCUT2D eigenvalue weighted by Gasteiger charge is 2.29. The topological polar surface area (TPSA) is 93.5 Å². The van der Waals surface area contributed by atoms with Crippen molar-refractivity contribution in [2.75, 3.05) is 26.2 Å². The number of benzene rings is 1. The Kier molecular flexibility index (Phi) is 6.24.